The number of halogens is 1. The van der Waals surface area contributed by atoms with Crippen molar-refractivity contribution in [3.05, 3.63) is 47.0 Å². The van der Waals surface area contributed by atoms with Gasteiger partial charge in [0.2, 0.25) is 11.8 Å². The molecule has 0 radical (unpaired) electrons. The van der Waals surface area contributed by atoms with E-state index in [1.807, 2.05) is 36.4 Å². The molecule has 0 aliphatic carbocycles. The molecule has 1 heterocycles. The zero-order valence-corrected chi connectivity index (χ0v) is 10.2. The van der Waals surface area contributed by atoms with Crippen molar-refractivity contribution in [2.75, 3.05) is 0 Å². The van der Waals surface area contributed by atoms with Crippen LogP contribution in [0.3, 0.4) is 0 Å². The molecular weight excluding hydrogens is 250 g/mol. The van der Waals surface area contributed by atoms with Crippen molar-refractivity contribution in [1.29, 1.82) is 0 Å². The minimum Gasteiger partial charge on any atom is -0.296 e. The van der Waals surface area contributed by atoms with Gasteiger partial charge in [-0.3, -0.25) is 14.9 Å². The van der Waals surface area contributed by atoms with Crippen molar-refractivity contribution in [3.63, 3.8) is 0 Å². The van der Waals surface area contributed by atoms with Gasteiger partial charge in [-0.15, -0.1) is 0 Å². The Morgan fingerprint density at radius 1 is 1.17 bits per heavy atom. The predicted octanol–water partition coefficient (Wildman–Crippen LogP) is 2.62. The molecule has 3 rings (SSSR count). The van der Waals surface area contributed by atoms with Crippen LogP contribution in [0.1, 0.15) is 17.9 Å². The molecule has 2 amide bonds. The number of hydrogen-bond acceptors (Lipinski definition) is 2. The maximum atomic E-state index is 11.7. The smallest absolute Gasteiger partial charge is 0.234 e. The van der Waals surface area contributed by atoms with Crippen LogP contribution in [0.25, 0.3) is 10.8 Å². The van der Waals surface area contributed by atoms with E-state index in [0.29, 0.717) is 5.02 Å². The molecule has 18 heavy (non-hydrogen) atoms. The molecule has 1 atom stereocenters. The number of rotatable bonds is 1. The third-order valence-corrected chi connectivity index (χ3v) is 3.46. The van der Waals surface area contributed by atoms with Gasteiger partial charge >= 0.3 is 0 Å². The Bertz CT molecular complexity index is 666. The maximum Gasteiger partial charge on any atom is 0.234 e. The van der Waals surface area contributed by atoms with Crippen LogP contribution in [0.2, 0.25) is 5.02 Å². The first-order valence-corrected chi connectivity index (χ1v) is 6.05. The van der Waals surface area contributed by atoms with Crippen LogP contribution in [-0.2, 0) is 9.59 Å². The molecule has 1 saturated heterocycles. The highest BCUT2D eigenvalue weighted by Crippen LogP contribution is 2.32. The van der Waals surface area contributed by atoms with Gasteiger partial charge in [-0.25, -0.2) is 0 Å². The van der Waals surface area contributed by atoms with Gasteiger partial charge in [0.1, 0.15) is 0 Å². The number of benzene rings is 2. The van der Waals surface area contributed by atoms with Crippen molar-refractivity contribution in [2.24, 2.45) is 0 Å². The molecule has 1 N–H and O–H groups in total. The summed E-state index contributed by atoms with van der Waals surface area (Å²) < 4.78 is 0. The number of carbonyl (C=O) groups is 2. The first-order chi connectivity index (χ1) is 8.65. The van der Waals surface area contributed by atoms with E-state index < -0.39 is 5.92 Å². The summed E-state index contributed by atoms with van der Waals surface area (Å²) in [7, 11) is 0. The number of imide groups is 1. The molecule has 0 aromatic heterocycles. The molecule has 90 valence electrons. The quantitative estimate of drug-likeness (QED) is 0.801. The van der Waals surface area contributed by atoms with Crippen LogP contribution >= 0.6 is 11.6 Å². The number of hydrogen-bond donors (Lipinski definition) is 1. The lowest BCUT2D eigenvalue weighted by Gasteiger charge is -2.10. The van der Waals surface area contributed by atoms with E-state index in [4.69, 9.17) is 11.6 Å². The number of carbonyl (C=O) groups excluding carboxylic acids is 2. The number of nitrogens with one attached hydrogen (secondary N) is 1. The van der Waals surface area contributed by atoms with Gasteiger partial charge in [-0.1, -0.05) is 35.9 Å². The summed E-state index contributed by atoms with van der Waals surface area (Å²) in [6.07, 6.45) is 0.213. The Morgan fingerprint density at radius 2 is 2.00 bits per heavy atom. The van der Waals surface area contributed by atoms with Gasteiger partial charge in [0.15, 0.2) is 0 Å². The topological polar surface area (TPSA) is 46.2 Å². The normalized spacial score (nSPS) is 19.3. The summed E-state index contributed by atoms with van der Waals surface area (Å²) in [5, 5.41) is 4.91. The second kappa shape index (κ2) is 4.10. The van der Waals surface area contributed by atoms with Crippen LogP contribution in [0.4, 0.5) is 0 Å². The molecular formula is C14H10ClNO2. The lowest BCUT2D eigenvalue weighted by atomic mass is 9.92. The summed E-state index contributed by atoms with van der Waals surface area (Å²) in [6.45, 7) is 0. The van der Waals surface area contributed by atoms with Crippen molar-refractivity contribution in [3.8, 4) is 0 Å². The van der Waals surface area contributed by atoms with E-state index in [0.717, 1.165) is 16.3 Å². The van der Waals surface area contributed by atoms with Crippen molar-refractivity contribution >= 4 is 34.2 Å². The van der Waals surface area contributed by atoms with Crippen molar-refractivity contribution in [2.45, 2.75) is 12.3 Å². The highest BCUT2D eigenvalue weighted by molar-refractivity contribution is 6.31. The zero-order chi connectivity index (χ0) is 12.7. The monoisotopic (exact) mass is 259 g/mol. The van der Waals surface area contributed by atoms with E-state index >= 15 is 0 Å². The van der Waals surface area contributed by atoms with E-state index in [1.54, 1.807) is 0 Å². The molecule has 4 heteroatoms. The Morgan fingerprint density at radius 3 is 2.72 bits per heavy atom. The highest BCUT2D eigenvalue weighted by atomic mass is 35.5. The Labute approximate surface area is 109 Å². The lowest BCUT2D eigenvalue weighted by molar-refractivity contribution is -0.125. The summed E-state index contributed by atoms with van der Waals surface area (Å²) in [6, 6.07) is 11.3. The summed E-state index contributed by atoms with van der Waals surface area (Å²) >= 11 is 5.99. The van der Waals surface area contributed by atoms with Gasteiger partial charge in [0.05, 0.1) is 5.92 Å². The van der Waals surface area contributed by atoms with E-state index in [9.17, 15) is 9.59 Å². The Hall–Kier alpha value is -1.87. The van der Waals surface area contributed by atoms with Crippen molar-refractivity contribution in [1.82, 2.24) is 5.32 Å². The van der Waals surface area contributed by atoms with Gasteiger partial charge in [0, 0.05) is 11.4 Å². The fourth-order valence-corrected chi connectivity index (χ4v) is 2.55. The summed E-state index contributed by atoms with van der Waals surface area (Å²) in [5.74, 6) is -0.851. The lowest BCUT2D eigenvalue weighted by Crippen LogP contribution is -2.21. The molecule has 1 unspecified atom stereocenters. The van der Waals surface area contributed by atoms with Gasteiger partial charge in [-0.2, -0.15) is 0 Å². The van der Waals surface area contributed by atoms with Gasteiger partial charge in [-0.05, 0) is 28.5 Å². The molecule has 1 aliphatic rings. The average molecular weight is 260 g/mol. The third kappa shape index (κ3) is 1.77. The molecule has 3 nitrogen and oxygen atoms in total. The highest BCUT2D eigenvalue weighted by Gasteiger charge is 2.32. The van der Waals surface area contributed by atoms with Crippen LogP contribution in [-0.4, -0.2) is 11.8 Å². The first kappa shape index (κ1) is 11.2. The van der Waals surface area contributed by atoms with Crippen LogP contribution in [0, 0.1) is 0 Å². The standard InChI is InChI=1S/C14H10ClNO2/c15-9-5-4-8-2-1-3-10(11(8)6-9)12-7-13(17)16-14(12)18/h1-6,12H,7H2,(H,16,17,18). The molecule has 1 aliphatic heterocycles. The minimum absolute atomic E-state index is 0.213. The van der Waals surface area contributed by atoms with Gasteiger partial charge < -0.3 is 0 Å². The van der Waals surface area contributed by atoms with E-state index in [2.05, 4.69) is 5.32 Å². The van der Waals surface area contributed by atoms with Crippen molar-refractivity contribution < 1.29 is 9.59 Å². The Kier molecular flexibility index (Phi) is 2.56. The van der Waals surface area contributed by atoms with Crippen LogP contribution in [0.5, 0.6) is 0 Å². The van der Waals surface area contributed by atoms with Crippen LogP contribution < -0.4 is 5.32 Å². The van der Waals surface area contributed by atoms with Crippen LogP contribution in [0.15, 0.2) is 36.4 Å². The second-order valence-corrected chi connectivity index (χ2v) is 4.82. The number of fused-ring (bicyclic) bond motifs is 1. The van der Waals surface area contributed by atoms with Gasteiger partial charge in [0.25, 0.3) is 0 Å². The second-order valence-electron chi connectivity index (χ2n) is 4.38. The SMILES string of the molecule is O=C1CC(c2cccc3ccc(Cl)cc23)C(=O)N1. The molecule has 2 aromatic rings. The molecule has 1 fully saturated rings. The summed E-state index contributed by atoms with van der Waals surface area (Å²) in [4.78, 5) is 23.0. The molecule has 0 spiro atoms. The summed E-state index contributed by atoms with van der Waals surface area (Å²) in [5.41, 5.74) is 0.860. The fraction of sp³-hybridized carbons (Fsp3) is 0.143. The number of amides is 2. The maximum absolute atomic E-state index is 11.7. The molecule has 0 saturated carbocycles. The minimum atomic E-state index is -0.403. The Balaban J connectivity index is 2.20. The zero-order valence-electron chi connectivity index (χ0n) is 9.44. The molecule has 0 bridgehead atoms. The molecule has 2 aromatic carbocycles. The third-order valence-electron chi connectivity index (χ3n) is 3.22. The average Bonchev–Trinajstić information content (AvgIpc) is 2.67. The van der Waals surface area contributed by atoms with E-state index in [1.165, 1.54) is 0 Å². The predicted molar refractivity (Wildman–Crippen MR) is 69.5 cm³/mol. The largest absolute Gasteiger partial charge is 0.296 e. The van der Waals surface area contributed by atoms with E-state index in [-0.39, 0.29) is 18.2 Å². The first-order valence-electron chi connectivity index (χ1n) is 5.67. The fourth-order valence-electron chi connectivity index (χ4n) is 2.38.